The van der Waals surface area contributed by atoms with Crippen LogP contribution in [0.4, 0.5) is 14.9 Å². The molecular formula is C15H19FN2O3. The lowest BCUT2D eigenvalue weighted by Crippen LogP contribution is -2.44. The van der Waals surface area contributed by atoms with E-state index in [4.69, 9.17) is 5.11 Å². The first kappa shape index (κ1) is 15.3. The van der Waals surface area contributed by atoms with Gasteiger partial charge in [0.25, 0.3) is 0 Å². The maximum atomic E-state index is 13.7. The molecule has 1 unspecified atom stereocenters. The Bertz CT molecular complexity index is 548. The van der Waals surface area contributed by atoms with Gasteiger partial charge in [-0.2, -0.15) is 0 Å². The lowest BCUT2D eigenvalue weighted by atomic mass is 9.99. The number of nitrogens with one attached hydrogen (secondary N) is 1. The number of hydrogen-bond donors (Lipinski definition) is 2. The molecule has 5 nitrogen and oxygen atoms in total. The summed E-state index contributed by atoms with van der Waals surface area (Å²) in [5.74, 6) is -1.76. The van der Waals surface area contributed by atoms with Crippen LogP contribution in [0.5, 0.6) is 0 Å². The molecule has 1 heterocycles. The molecule has 2 N–H and O–H groups in total. The summed E-state index contributed by atoms with van der Waals surface area (Å²) >= 11 is 0. The van der Waals surface area contributed by atoms with Gasteiger partial charge in [0, 0.05) is 18.8 Å². The molecule has 0 bridgehead atoms. The zero-order chi connectivity index (χ0) is 15.4. The maximum Gasteiger partial charge on any atom is 0.321 e. The predicted molar refractivity (Wildman–Crippen MR) is 76.7 cm³/mol. The van der Waals surface area contributed by atoms with E-state index in [0.717, 1.165) is 0 Å². The number of carbonyl (C=O) groups is 2. The Morgan fingerprint density at radius 2 is 2.24 bits per heavy atom. The lowest BCUT2D eigenvalue weighted by Gasteiger charge is -2.30. The van der Waals surface area contributed by atoms with E-state index < -0.39 is 11.9 Å². The van der Waals surface area contributed by atoms with E-state index in [2.05, 4.69) is 5.32 Å². The van der Waals surface area contributed by atoms with E-state index >= 15 is 0 Å². The van der Waals surface area contributed by atoms with Crippen LogP contribution in [-0.4, -0.2) is 35.1 Å². The summed E-state index contributed by atoms with van der Waals surface area (Å²) in [6, 6.07) is 4.19. The number of anilines is 1. The highest BCUT2D eigenvalue weighted by atomic mass is 19.1. The van der Waals surface area contributed by atoms with Gasteiger partial charge in [0.2, 0.25) is 0 Å². The van der Waals surface area contributed by atoms with Crippen molar-refractivity contribution in [1.29, 1.82) is 0 Å². The summed E-state index contributed by atoms with van der Waals surface area (Å²) in [5, 5.41) is 11.6. The Morgan fingerprint density at radius 1 is 1.48 bits per heavy atom. The van der Waals surface area contributed by atoms with Crippen molar-refractivity contribution in [3.63, 3.8) is 0 Å². The molecule has 2 amide bonds. The first-order valence-electron chi connectivity index (χ1n) is 7.08. The predicted octanol–water partition coefficient (Wildman–Crippen LogP) is 2.72. The fourth-order valence-corrected chi connectivity index (χ4v) is 2.48. The number of nitrogens with zero attached hydrogens (tertiary/aromatic N) is 1. The van der Waals surface area contributed by atoms with Crippen LogP contribution < -0.4 is 5.32 Å². The summed E-state index contributed by atoms with van der Waals surface area (Å²) in [6.07, 6.45) is 1.83. The van der Waals surface area contributed by atoms with Crippen LogP contribution in [0, 0.1) is 11.7 Å². The minimum Gasteiger partial charge on any atom is -0.481 e. The van der Waals surface area contributed by atoms with Crippen LogP contribution in [0.25, 0.3) is 0 Å². The van der Waals surface area contributed by atoms with E-state index in [0.29, 0.717) is 37.1 Å². The summed E-state index contributed by atoms with van der Waals surface area (Å²) in [7, 11) is 0. The molecule has 0 aliphatic carbocycles. The molecule has 6 heteroatoms. The number of rotatable bonds is 3. The number of carboxylic acid groups (broad SMARTS) is 1. The standard InChI is InChI=1S/C15H19FN2O3/c1-2-10-5-6-12(8-13(10)16)17-15(21)18-7-3-4-11(9-18)14(19)20/h5-6,8,11H,2-4,7,9H2,1H3,(H,17,21)(H,19,20). The van der Waals surface area contributed by atoms with Crippen LogP contribution in [0.3, 0.4) is 0 Å². The number of aryl methyl sites for hydroxylation is 1. The van der Waals surface area contributed by atoms with E-state index in [1.54, 1.807) is 12.1 Å². The Morgan fingerprint density at radius 3 is 2.86 bits per heavy atom. The number of piperidine rings is 1. The van der Waals surface area contributed by atoms with Crippen LogP contribution >= 0.6 is 0 Å². The molecule has 1 aromatic carbocycles. The second-order valence-electron chi connectivity index (χ2n) is 5.21. The van der Waals surface area contributed by atoms with Gasteiger partial charge in [-0.3, -0.25) is 4.79 Å². The molecule has 1 fully saturated rings. The van der Waals surface area contributed by atoms with Gasteiger partial charge in [-0.1, -0.05) is 13.0 Å². The van der Waals surface area contributed by atoms with Gasteiger partial charge in [0.05, 0.1) is 5.92 Å². The smallest absolute Gasteiger partial charge is 0.321 e. The molecule has 114 valence electrons. The maximum absolute atomic E-state index is 13.7. The van der Waals surface area contributed by atoms with Crippen LogP contribution in [0.2, 0.25) is 0 Å². The van der Waals surface area contributed by atoms with Gasteiger partial charge in [0.1, 0.15) is 5.82 Å². The van der Waals surface area contributed by atoms with Crippen molar-refractivity contribution in [2.24, 2.45) is 5.92 Å². The largest absolute Gasteiger partial charge is 0.481 e. The van der Waals surface area contributed by atoms with Crippen molar-refractivity contribution in [2.45, 2.75) is 26.2 Å². The third kappa shape index (κ3) is 3.71. The first-order chi connectivity index (χ1) is 10.0. The van der Waals surface area contributed by atoms with E-state index in [1.165, 1.54) is 11.0 Å². The molecule has 0 aromatic heterocycles. The van der Waals surface area contributed by atoms with Crippen molar-refractivity contribution >= 4 is 17.7 Å². The van der Waals surface area contributed by atoms with Gasteiger partial charge in [-0.05, 0) is 37.0 Å². The van der Waals surface area contributed by atoms with Gasteiger partial charge < -0.3 is 15.3 Å². The number of amides is 2. The minimum absolute atomic E-state index is 0.191. The lowest BCUT2D eigenvalue weighted by molar-refractivity contribution is -0.143. The highest BCUT2D eigenvalue weighted by molar-refractivity contribution is 5.89. The van der Waals surface area contributed by atoms with Gasteiger partial charge in [-0.15, -0.1) is 0 Å². The van der Waals surface area contributed by atoms with Gasteiger partial charge in [-0.25, -0.2) is 9.18 Å². The van der Waals surface area contributed by atoms with E-state index in [-0.39, 0.29) is 18.4 Å². The number of aliphatic carboxylic acids is 1. The molecule has 1 atom stereocenters. The zero-order valence-electron chi connectivity index (χ0n) is 11.9. The van der Waals surface area contributed by atoms with Crippen LogP contribution in [0.15, 0.2) is 18.2 Å². The molecule has 1 aliphatic rings. The molecule has 1 aromatic rings. The Kier molecular flexibility index (Phi) is 4.77. The summed E-state index contributed by atoms with van der Waals surface area (Å²) in [4.78, 5) is 24.6. The third-order valence-corrected chi connectivity index (χ3v) is 3.74. The number of hydrogen-bond acceptors (Lipinski definition) is 2. The molecular weight excluding hydrogens is 275 g/mol. The highest BCUT2D eigenvalue weighted by Gasteiger charge is 2.28. The zero-order valence-corrected chi connectivity index (χ0v) is 11.9. The van der Waals surface area contributed by atoms with E-state index in [9.17, 15) is 14.0 Å². The van der Waals surface area contributed by atoms with Crippen molar-refractivity contribution in [1.82, 2.24) is 4.90 Å². The van der Waals surface area contributed by atoms with Crippen molar-refractivity contribution in [2.75, 3.05) is 18.4 Å². The fraction of sp³-hybridized carbons (Fsp3) is 0.467. The van der Waals surface area contributed by atoms with Crippen LogP contribution in [0.1, 0.15) is 25.3 Å². The molecule has 0 saturated carbocycles. The summed E-state index contributed by atoms with van der Waals surface area (Å²) in [6.45, 7) is 2.57. The molecule has 0 radical (unpaired) electrons. The highest BCUT2D eigenvalue weighted by Crippen LogP contribution is 2.19. The molecule has 21 heavy (non-hydrogen) atoms. The number of carboxylic acids is 1. The molecule has 1 aliphatic heterocycles. The van der Waals surface area contributed by atoms with Gasteiger partial charge in [0.15, 0.2) is 0 Å². The molecule has 1 saturated heterocycles. The fourth-order valence-electron chi connectivity index (χ4n) is 2.48. The number of benzene rings is 1. The average molecular weight is 294 g/mol. The second kappa shape index (κ2) is 6.56. The minimum atomic E-state index is -0.883. The Labute approximate surface area is 122 Å². The van der Waals surface area contributed by atoms with Gasteiger partial charge >= 0.3 is 12.0 Å². The Balaban J connectivity index is 2.00. The number of carbonyl (C=O) groups excluding carboxylic acids is 1. The quantitative estimate of drug-likeness (QED) is 0.900. The topological polar surface area (TPSA) is 69.6 Å². The van der Waals surface area contributed by atoms with Crippen LogP contribution in [-0.2, 0) is 11.2 Å². The summed E-state index contributed by atoms with van der Waals surface area (Å²) < 4.78 is 13.7. The monoisotopic (exact) mass is 294 g/mol. The van der Waals surface area contributed by atoms with Crippen molar-refractivity contribution in [3.8, 4) is 0 Å². The van der Waals surface area contributed by atoms with Crippen molar-refractivity contribution < 1.29 is 19.1 Å². The molecule has 0 spiro atoms. The third-order valence-electron chi connectivity index (χ3n) is 3.74. The number of halogens is 1. The Hall–Kier alpha value is -2.11. The average Bonchev–Trinajstić information content (AvgIpc) is 2.47. The normalized spacial score (nSPS) is 18.4. The molecule has 2 rings (SSSR count). The number of likely N-dealkylation sites (tertiary alicyclic amines) is 1. The first-order valence-corrected chi connectivity index (χ1v) is 7.08. The summed E-state index contributed by atoms with van der Waals surface area (Å²) in [5.41, 5.74) is 0.976. The SMILES string of the molecule is CCc1ccc(NC(=O)N2CCCC(C(=O)O)C2)cc1F. The van der Waals surface area contributed by atoms with E-state index in [1.807, 2.05) is 6.92 Å². The number of urea groups is 1. The second-order valence-corrected chi connectivity index (χ2v) is 5.21. The van der Waals surface area contributed by atoms with Crippen molar-refractivity contribution in [3.05, 3.63) is 29.6 Å².